The van der Waals surface area contributed by atoms with Crippen LogP contribution < -0.4 is 10.6 Å². The van der Waals surface area contributed by atoms with Crippen molar-refractivity contribution in [3.63, 3.8) is 0 Å². The van der Waals surface area contributed by atoms with Crippen LogP contribution in [0.2, 0.25) is 0 Å². The summed E-state index contributed by atoms with van der Waals surface area (Å²) in [6, 6.07) is 19.4. The number of aryl methyl sites for hydroxylation is 1. The molecule has 0 radical (unpaired) electrons. The molecule has 3 aliphatic heterocycles. The van der Waals surface area contributed by atoms with Crippen LogP contribution in [-0.2, 0) is 24.1 Å². The van der Waals surface area contributed by atoms with Crippen LogP contribution in [0.1, 0.15) is 61.8 Å². The molecule has 2 N–H and O–H groups in total. The number of nitriles is 1. The van der Waals surface area contributed by atoms with Crippen LogP contribution in [0, 0.1) is 11.3 Å². The van der Waals surface area contributed by atoms with Gasteiger partial charge in [0, 0.05) is 81.3 Å². The molecule has 0 unspecified atom stereocenters. The van der Waals surface area contributed by atoms with Crippen LogP contribution in [0.3, 0.4) is 0 Å². The first-order valence-electron chi connectivity index (χ1n) is 15.9. The van der Waals surface area contributed by atoms with E-state index in [2.05, 4.69) is 69.9 Å². The van der Waals surface area contributed by atoms with E-state index >= 15 is 0 Å². The third kappa shape index (κ3) is 5.78. The molecule has 2 fully saturated rings. The number of rotatable bonds is 9. The fourth-order valence-corrected chi connectivity index (χ4v) is 7.75. The van der Waals surface area contributed by atoms with Gasteiger partial charge >= 0.3 is 0 Å². The molecule has 4 heterocycles. The molecule has 3 aliphatic rings. The van der Waals surface area contributed by atoms with E-state index in [1.165, 1.54) is 28.8 Å². The summed E-state index contributed by atoms with van der Waals surface area (Å²) in [7, 11) is 1.79. The molecule has 42 heavy (non-hydrogen) atoms. The van der Waals surface area contributed by atoms with Crippen LogP contribution in [-0.4, -0.2) is 78.3 Å². The molecule has 1 aromatic heterocycles. The van der Waals surface area contributed by atoms with E-state index in [1.807, 2.05) is 12.1 Å². The van der Waals surface area contributed by atoms with E-state index in [1.54, 1.807) is 13.3 Å². The van der Waals surface area contributed by atoms with Crippen LogP contribution in [0.4, 0.5) is 5.69 Å². The van der Waals surface area contributed by atoms with Gasteiger partial charge in [0.15, 0.2) is 0 Å². The van der Waals surface area contributed by atoms with Crippen LogP contribution >= 0.6 is 0 Å². The largest absolute Gasteiger partial charge is 0.380 e. The Morgan fingerprint density at radius 3 is 2.81 bits per heavy atom. The molecule has 0 bridgehead atoms. The number of piperazine rings is 1. The third-order valence-corrected chi connectivity index (χ3v) is 10.2. The lowest BCUT2D eigenvalue weighted by molar-refractivity contribution is 0.0706. The monoisotopic (exact) mass is 566 g/mol. The highest BCUT2D eigenvalue weighted by Gasteiger charge is 2.42. The van der Waals surface area contributed by atoms with Crippen LogP contribution in [0.5, 0.6) is 0 Å². The maximum absolute atomic E-state index is 9.60. The number of ether oxygens (including phenoxy) is 1. The standard InChI is InChI=1S/C35H46N6O/c1-4-32(37)34(42-3)9-5-7-25-10-11-26-14-16-39(21-28(26)17-25)29-18-30-22-40(20-24(2)41(30)23-29)33-13-12-27(19-36)35-31(33)8-6-15-38-35/h6,8,10-13,15,17,24,29-30,32,34H,4-5,7,9,14,16,18,20-23,37H2,1-3H3/t24-,29+,30+,32-,34-/m1/s1. The Morgan fingerprint density at radius 1 is 1.12 bits per heavy atom. The van der Waals surface area contributed by atoms with Crippen molar-refractivity contribution < 1.29 is 4.74 Å². The molecule has 0 saturated carbocycles. The number of anilines is 1. The molecule has 0 spiro atoms. The molecule has 5 atom stereocenters. The fraction of sp³-hybridized carbons (Fsp3) is 0.543. The number of hydrogen-bond acceptors (Lipinski definition) is 7. The molecular formula is C35H46N6O. The van der Waals surface area contributed by atoms with Crippen molar-refractivity contribution >= 4 is 16.6 Å². The lowest BCUT2D eigenvalue weighted by Gasteiger charge is -2.43. The van der Waals surface area contributed by atoms with Crippen molar-refractivity contribution in [2.24, 2.45) is 5.73 Å². The lowest BCUT2D eigenvalue weighted by atomic mass is 9.93. The Hall–Kier alpha value is -3.02. The topological polar surface area (TPSA) is 81.7 Å². The van der Waals surface area contributed by atoms with Crippen molar-refractivity contribution in [1.29, 1.82) is 5.26 Å². The second kappa shape index (κ2) is 12.7. The molecule has 3 aromatic rings. The first kappa shape index (κ1) is 29.1. The molecule has 2 aromatic carbocycles. The van der Waals surface area contributed by atoms with E-state index in [9.17, 15) is 5.26 Å². The van der Waals surface area contributed by atoms with Gasteiger partial charge in [0.05, 0.1) is 17.2 Å². The molecule has 222 valence electrons. The third-order valence-electron chi connectivity index (χ3n) is 10.2. The van der Waals surface area contributed by atoms with Gasteiger partial charge in [-0.15, -0.1) is 0 Å². The molecular weight excluding hydrogens is 520 g/mol. The number of methoxy groups -OCH3 is 1. The predicted octanol–water partition coefficient (Wildman–Crippen LogP) is 4.89. The van der Waals surface area contributed by atoms with Gasteiger partial charge in [0.25, 0.3) is 0 Å². The highest BCUT2D eigenvalue weighted by Crippen LogP contribution is 2.36. The van der Waals surface area contributed by atoms with Gasteiger partial charge in [0.1, 0.15) is 6.07 Å². The highest BCUT2D eigenvalue weighted by atomic mass is 16.5. The second-order valence-electron chi connectivity index (χ2n) is 12.7. The molecule has 0 aliphatic carbocycles. The summed E-state index contributed by atoms with van der Waals surface area (Å²) in [6.45, 7) is 9.89. The van der Waals surface area contributed by atoms with Crippen molar-refractivity contribution in [1.82, 2.24) is 14.8 Å². The van der Waals surface area contributed by atoms with E-state index in [-0.39, 0.29) is 12.1 Å². The molecule has 7 nitrogen and oxygen atoms in total. The van der Waals surface area contributed by atoms with Gasteiger partial charge in [-0.1, -0.05) is 25.1 Å². The number of aromatic nitrogens is 1. The second-order valence-corrected chi connectivity index (χ2v) is 12.7. The number of benzene rings is 2. The number of nitrogens with zero attached hydrogens (tertiary/aromatic N) is 5. The van der Waals surface area contributed by atoms with Crippen molar-refractivity contribution in [2.75, 3.05) is 38.2 Å². The van der Waals surface area contributed by atoms with Gasteiger partial charge in [-0.25, -0.2) is 0 Å². The van der Waals surface area contributed by atoms with Crippen molar-refractivity contribution in [2.45, 2.75) is 89.2 Å². The smallest absolute Gasteiger partial charge is 0.101 e. The van der Waals surface area contributed by atoms with E-state index in [4.69, 9.17) is 10.5 Å². The van der Waals surface area contributed by atoms with E-state index in [0.29, 0.717) is 23.7 Å². The summed E-state index contributed by atoms with van der Waals surface area (Å²) in [4.78, 5) is 12.6. The van der Waals surface area contributed by atoms with Gasteiger partial charge in [-0.3, -0.25) is 14.8 Å². The molecule has 7 heteroatoms. The van der Waals surface area contributed by atoms with Gasteiger partial charge < -0.3 is 15.4 Å². The Morgan fingerprint density at radius 2 is 2.00 bits per heavy atom. The zero-order valence-corrected chi connectivity index (χ0v) is 25.5. The number of hydrogen-bond donors (Lipinski definition) is 1. The average molecular weight is 567 g/mol. The molecule has 0 amide bonds. The zero-order valence-electron chi connectivity index (χ0n) is 25.5. The summed E-state index contributed by atoms with van der Waals surface area (Å²) in [5.41, 5.74) is 13.4. The minimum atomic E-state index is 0.119. The zero-order chi connectivity index (χ0) is 29.2. The van der Waals surface area contributed by atoms with Crippen molar-refractivity contribution in [3.8, 4) is 6.07 Å². The van der Waals surface area contributed by atoms with Crippen molar-refractivity contribution in [3.05, 3.63) is 70.9 Å². The Bertz CT molecular complexity index is 1430. The first-order chi connectivity index (χ1) is 20.5. The van der Waals surface area contributed by atoms with Crippen LogP contribution in [0.25, 0.3) is 10.9 Å². The highest BCUT2D eigenvalue weighted by molar-refractivity contribution is 5.95. The van der Waals surface area contributed by atoms with Crippen LogP contribution in [0.15, 0.2) is 48.7 Å². The number of pyridine rings is 1. The number of fused-ring (bicyclic) bond motifs is 3. The summed E-state index contributed by atoms with van der Waals surface area (Å²) < 4.78 is 5.66. The molecule has 6 rings (SSSR count). The first-order valence-corrected chi connectivity index (χ1v) is 15.9. The molecule has 2 saturated heterocycles. The Labute approximate surface area is 251 Å². The summed E-state index contributed by atoms with van der Waals surface area (Å²) >= 11 is 0. The summed E-state index contributed by atoms with van der Waals surface area (Å²) in [5.74, 6) is 0. The Kier molecular flexibility index (Phi) is 8.78. The average Bonchev–Trinajstić information content (AvgIpc) is 3.47. The minimum Gasteiger partial charge on any atom is -0.380 e. The summed E-state index contributed by atoms with van der Waals surface area (Å²) in [5, 5.41) is 10.7. The SMILES string of the molecule is CC[C@@H](N)[C@@H](CCCc1ccc2c(c1)CN([C@H]1C[C@H]3CN(c4ccc(C#N)c5ncccc45)C[C@@H](C)N3C1)CC2)OC. The normalized spacial score (nSPS) is 24.3. The fourth-order valence-electron chi connectivity index (χ4n) is 7.75. The predicted molar refractivity (Wildman–Crippen MR) is 170 cm³/mol. The summed E-state index contributed by atoms with van der Waals surface area (Å²) in [6.07, 6.45) is 8.43. The van der Waals surface area contributed by atoms with Gasteiger partial charge in [-0.05, 0) is 86.4 Å². The van der Waals surface area contributed by atoms with Gasteiger partial charge in [0.2, 0.25) is 0 Å². The van der Waals surface area contributed by atoms with Gasteiger partial charge in [-0.2, -0.15) is 5.26 Å². The van der Waals surface area contributed by atoms with E-state index < -0.39 is 0 Å². The van der Waals surface area contributed by atoms with E-state index in [0.717, 1.165) is 75.7 Å². The number of nitrogens with two attached hydrogens (primary N) is 1. The lowest BCUT2D eigenvalue weighted by Crippen LogP contribution is -2.55. The Balaban J connectivity index is 1.11. The minimum absolute atomic E-state index is 0.119. The quantitative estimate of drug-likeness (QED) is 0.395. The maximum atomic E-state index is 9.60. The maximum Gasteiger partial charge on any atom is 0.101 e.